The van der Waals surface area contributed by atoms with Gasteiger partial charge in [0.1, 0.15) is 12.4 Å². The number of nitro benzene ring substituents is 1. The van der Waals surface area contributed by atoms with Gasteiger partial charge in [-0.1, -0.05) is 0 Å². The molecule has 1 aromatic carbocycles. The molecule has 0 radical (unpaired) electrons. The van der Waals surface area contributed by atoms with E-state index in [0.717, 1.165) is 25.3 Å². The van der Waals surface area contributed by atoms with Crippen molar-refractivity contribution in [1.82, 2.24) is 14.9 Å². The summed E-state index contributed by atoms with van der Waals surface area (Å²) >= 11 is 0. The number of carbonyl (C=O) groups is 1. The van der Waals surface area contributed by atoms with Crippen LogP contribution in [0.15, 0.2) is 30.5 Å². The minimum absolute atomic E-state index is 0.0135. The van der Waals surface area contributed by atoms with Crippen LogP contribution < -0.4 is 5.32 Å². The van der Waals surface area contributed by atoms with Crippen LogP contribution in [0.25, 0.3) is 0 Å². The van der Waals surface area contributed by atoms with Crippen LogP contribution in [0.1, 0.15) is 17.1 Å². The van der Waals surface area contributed by atoms with Crippen molar-refractivity contribution in [1.29, 1.82) is 0 Å². The zero-order valence-electron chi connectivity index (χ0n) is 12.8. The lowest BCUT2D eigenvalue weighted by Gasteiger charge is -2.17. The molecule has 3 rings (SSSR count). The van der Waals surface area contributed by atoms with Gasteiger partial charge in [0.25, 0.3) is 5.69 Å². The predicted octanol–water partition coefficient (Wildman–Crippen LogP) is 1.75. The lowest BCUT2D eigenvalue weighted by Crippen LogP contribution is -2.28. The summed E-state index contributed by atoms with van der Waals surface area (Å²) in [5.74, 6) is 0.679. The van der Waals surface area contributed by atoms with Gasteiger partial charge in [-0.2, -0.15) is 0 Å². The quantitative estimate of drug-likeness (QED) is 0.504. The molecule has 1 aliphatic heterocycles. The molecule has 1 aliphatic rings. The number of carbonyl (C=O) groups excluding carboxylic acids is 1. The number of benzene rings is 1. The minimum atomic E-state index is -0.806. The summed E-state index contributed by atoms with van der Waals surface area (Å²) in [5.41, 5.74) is 1.68. The largest absolute Gasteiger partial charge is 0.509 e. The molecule has 0 spiro atoms. The van der Waals surface area contributed by atoms with Crippen LogP contribution in [0, 0.1) is 10.1 Å². The Morgan fingerprint density at radius 3 is 2.79 bits per heavy atom. The van der Waals surface area contributed by atoms with Gasteiger partial charge in [0, 0.05) is 38.0 Å². The highest BCUT2D eigenvalue weighted by Gasteiger charge is 2.15. The van der Waals surface area contributed by atoms with Crippen LogP contribution in [0.3, 0.4) is 0 Å². The average molecular weight is 332 g/mol. The lowest BCUT2D eigenvalue weighted by atomic mass is 10.2. The predicted molar refractivity (Wildman–Crippen MR) is 82.0 cm³/mol. The summed E-state index contributed by atoms with van der Waals surface area (Å²) in [4.78, 5) is 26.0. The van der Waals surface area contributed by atoms with Crippen LogP contribution in [0.4, 0.5) is 10.5 Å². The molecule has 0 unspecified atom stereocenters. The second-order valence-electron chi connectivity index (χ2n) is 5.25. The van der Waals surface area contributed by atoms with Gasteiger partial charge in [-0.3, -0.25) is 10.1 Å². The maximum Gasteiger partial charge on any atom is 0.509 e. The number of nitro groups is 1. The number of nitrogens with zero attached hydrogens (tertiary/aromatic N) is 3. The number of nitrogens with one attached hydrogen (secondary N) is 1. The Kier molecular flexibility index (Phi) is 4.71. The molecule has 0 amide bonds. The van der Waals surface area contributed by atoms with E-state index < -0.39 is 11.1 Å². The molecule has 0 bridgehead atoms. The van der Waals surface area contributed by atoms with Gasteiger partial charge < -0.3 is 19.4 Å². The van der Waals surface area contributed by atoms with Crippen molar-refractivity contribution < 1.29 is 19.2 Å². The molecule has 9 heteroatoms. The number of rotatable bonds is 5. The van der Waals surface area contributed by atoms with Crippen LogP contribution in [0.5, 0.6) is 0 Å². The smallest absolute Gasteiger partial charge is 0.429 e. The summed E-state index contributed by atoms with van der Waals surface area (Å²) < 4.78 is 12.1. The molecule has 1 aromatic heterocycles. The Bertz CT molecular complexity index is 741. The lowest BCUT2D eigenvalue weighted by molar-refractivity contribution is -0.384. The summed E-state index contributed by atoms with van der Waals surface area (Å²) in [6, 6.07) is 5.77. The Morgan fingerprint density at radius 1 is 1.29 bits per heavy atom. The van der Waals surface area contributed by atoms with E-state index in [4.69, 9.17) is 9.47 Å². The molecule has 24 heavy (non-hydrogen) atoms. The maximum atomic E-state index is 11.7. The molecule has 0 atom stereocenters. The number of aromatic nitrogens is 2. The molecular weight excluding hydrogens is 316 g/mol. The molecule has 0 saturated carbocycles. The minimum Gasteiger partial charge on any atom is -0.429 e. The fourth-order valence-corrected chi connectivity index (χ4v) is 2.41. The first-order valence-corrected chi connectivity index (χ1v) is 7.40. The molecular formula is C15H16N4O5. The Hall–Kier alpha value is -2.94. The molecule has 0 saturated heterocycles. The first-order chi connectivity index (χ1) is 11.6. The van der Waals surface area contributed by atoms with E-state index in [0.29, 0.717) is 11.4 Å². The number of non-ortho nitro benzene ring substituents is 1. The fraction of sp³-hybridized carbons (Fsp3) is 0.333. The third-order valence-corrected chi connectivity index (χ3v) is 3.66. The van der Waals surface area contributed by atoms with Gasteiger partial charge in [-0.15, -0.1) is 0 Å². The van der Waals surface area contributed by atoms with Crippen molar-refractivity contribution >= 4 is 11.8 Å². The van der Waals surface area contributed by atoms with Gasteiger partial charge in [-0.05, 0) is 17.7 Å². The second kappa shape index (κ2) is 7.09. The SMILES string of the molecule is O=C(OCc1ccc([N+](=O)[O-])cc1)OCc1ncc2n1CCNC2. The van der Waals surface area contributed by atoms with Crippen molar-refractivity contribution in [2.75, 3.05) is 6.54 Å². The highest BCUT2D eigenvalue weighted by Crippen LogP contribution is 2.13. The standard InChI is InChI=1S/C15H16N4O5/c20-15(23-9-11-1-3-12(4-2-11)19(21)22)24-10-14-17-8-13-7-16-5-6-18(13)14/h1-4,8,16H,5-7,9-10H2. The van der Waals surface area contributed by atoms with Crippen molar-refractivity contribution in [2.24, 2.45) is 0 Å². The number of hydrogen-bond donors (Lipinski definition) is 1. The van der Waals surface area contributed by atoms with Crippen molar-refractivity contribution in [3.8, 4) is 0 Å². The topological polar surface area (TPSA) is 109 Å². The summed E-state index contributed by atoms with van der Waals surface area (Å²) in [6.07, 6.45) is 0.951. The van der Waals surface area contributed by atoms with E-state index in [9.17, 15) is 14.9 Å². The van der Waals surface area contributed by atoms with Gasteiger partial charge >= 0.3 is 6.16 Å². The number of fused-ring (bicyclic) bond motifs is 1. The van der Waals surface area contributed by atoms with Gasteiger partial charge in [-0.25, -0.2) is 9.78 Å². The summed E-state index contributed by atoms with van der Waals surface area (Å²) in [6.45, 7) is 2.41. The zero-order valence-corrected chi connectivity index (χ0v) is 12.8. The van der Waals surface area contributed by atoms with Crippen molar-refractivity contribution in [2.45, 2.75) is 26.3 Å². The molecule has 9 nitrogen and oxygen atoms in total. The van der Waals surface area contributed by atoms with E-state index >= 15 is 0 Å². The van der Waals surface area contributed by atoms with Crippen molar-refractivity contribution in [3.63, 3.8) is 0 Å². The normalized spacial score (nSPS) is 13.2. The van der Waals surface area contributed by atoms with Crippen molar-refractivity contribution in [3.05, 3.63) is 57.7 Å². The third kappa shape index (κ3) is 3.69. The monoisotopic (exact) mass is 332 g/mol. The highest BCUT2D eigenvalue weighted by molar-refractivity contribution is 5.59. The molecule has 2 aromatic rings. The number of hydrogen-bond acceptors (Lipinski definition) is 7. The Morgan fingerprint density at radius 2 is 2.04 bits per heavy atom. The summed E-state index contributed by atoms with van der Waals surface area (Å²) in [7, 11) is 0. The maximum absolute atomic E-state index is 11.7. The van der Waals surface area contributed by atoms with E-state index in [1.54, 1.807) is 6.20 Å². The van der Waals surface area contributed by atoms with Gasteiger partial charge in [0.15, 0.2) is 6.61 Å². The van der Waals surface area contributed by atoms with E-state index in [1.165, 1.54) is 24.3 Å². The molecule has 2 heterocycles. The highest BCUT2D eigenvalue weighted by atomic mass is 16.7. The van der Waals surface area contributed by atoms with Crippen LogP contribution >= 0.6 is 0 Å². The molecule has 0 aliphatic carbocycles. The van der Waals surface area contributed by atoms with Crippen LogP contribution in [-0.4, -0.2) is 27.2 Å². The van der Waals surface area contributed by atoms with E-state index in [-0.39, 0.29) is 18.9 Å². The first-order valence-electron chi connectivity index (χ1n) is 7.40. The zero-order chi connectivity index (χ0) is 16.9. The molecule has 0 fully saturated rings. The van der Waals surface area contributed by atoms with Crippen LogP contribution in [0.2, 0.25) is 0 Å². The third-order valence-electron chi connectivity index (χ3n) is 3.66. The van der Waals surface area contributed by atoms with Crippen LogP contribution in [-0.2, 0) is 35.8 Å². The van der Waals surface area contributed by atoms with E-state index in [2.05, 4.69) is 10.3 Å². The first kappa shape index (κ1) is 15.9. The second-order valence-corrected chi connectivity index (χ2v) is 5.25. The molecule has 1 N–H and O–H groups in total. The summed E-state index contributed by atoms with van der Waals surface area (Å²) in [5, 5.41) is 13.8. The van der Waals surface area contributed by atoms with Gasteiger partial charge in [0.05, 0.1) is 10.6 Å². The van der Waals surface area contributed by atoms with Gasteiger partial charge in [0.2, 0.25) is 0 Å². The molecule has 126 valence electrons. The Balaban J connectivity index is 1.47. The number of ether oxygens (including phenoxy) is 2. The van der Waals surface area contributed by atoms with E-state index in [1.807, 2.05) is 4.57 Å². The Labute approximate surface area is 137 Å². The average Bonchev–Trinajstić information content (AvgIpc) is 3.01. The fourth-order valence-electron chi connectivity index (χ4n) is 2.41. The number of imidazole rings is 1.